The van der Waals surface area contributed by atoms with Crippen LogP contribution in [0.5, 0.6) is 0 Å². The van der Waals surface area contributed by atoms with Crippen LogP contribution in [0.3, 0.4) is 0 Å². The highest BCUT2D eigenvalue weighted by Gasteiger charge is 2.13. The van der Waals surface area contributed by atoms with E-state index in [-0.39, 0.29) is 5.60 Å². The van der Waals surface area contributed by atoms with Gasteiger partial charge in [-0.15, -0.1) is 0 Å². The fourth-order valence-electron chi connectivity index (χ4n) is 1.93. The molecule has 0 aromatic heterocycles. The molecule has 0 bridgehead atoms. The van der Waals surface area contributed by atoms with E-state index < -0.39 is 6.10 Å². The number of benzene rings is 1. The van der Waals surface area contributed by atoms with Crippen LogP contribution in [0, 0.1) is 0 Å². The molecule has 0 saturated heterocycles. The van der Waals surface area contributed by atoms with Gasteiger partial charge in [0.2, 0.25) is 0 Å². The number of nitrogens with one attached hydrogen (secondary N) is 1. The monoisotopic (exact) mass is 294 g/mol. The molecule has 1 aromatic carbocycles. The molecule has 0 heterocycles. The summed E-state index contributed by atoms with van der Waals surface area (Å²) in [7, 11) is 2.10. The minimum atomic E-state index is -0.448. The van der Waals surface area contributed by atoms with Crippen LogP contribution < -0.4 is 10.2 Å². The summed E-state index contributed by atoms with van der Waals surface area (Å²) >= 11 is 0. The Kier molecular flexibility index (Phi) is 7.72. The minimum absolute atomic E-state index is 0.195. The van der Waals surface area contributed by atoms with Crippen molar-refractivity contribution in [2.75, 3.05) is 38.2 Å². The standard InChI is InChI=1S/C17H30N2O2/c1-17(2,3)21-14-16(20)13-18-11-8-12-19(4)15-9-6-5-7-10-15/h5-7,9-10,16,18,20H,8,11-14H2,1-4H3. The predicted molar refractivity (Wildman–Crippen MR) is 88.9 cm³/mol. The third kappa shape index (κ3) is 8.71. The van der Waals surface area contributed by atoms with Gasteiger partial charge in [0.15, 0.2) is 0 Å². The second-order valence-corrected chi connectivity index (χ2v) is 6.39. The van der Waals surface area contributed by atoms with Crippen LogP contribution in [0.1, 0.15) is 27.2 Å². The molecule has 0 spiro atoms. The third-order valence-corrected chi connectivity index (χ3v) is 3.13. The molecule has 1 aromatic rings. The van der Waals surface area contributed by atoms with Crippen LogP contribution in [0.25, 0.3) is 0 Å². The van der Waals surface area contributed by atoms with Crippen molar-refractivity contribution in [1.29, 1.82) is 0 Å². The molecule has 0 aliphatic carbocycles. The summed E-state index contributed by atoms with van der Waals surface area (Å²) in [6.07, 6.45) is 0.592. The van der Waals surface area contributed by atoms with Gasteiger partial charge in [0.05, 0.1) is 18.3 Å². The van der Waals surface area contributed by atoms with Crippen LogP contribution in [-0.4, -0.2) is 50.1 Å². The van der Waals surface area contributed by atoms with Crippen molar-refractivity contribution in [3.8, 4) is 0 Å². The number of rotatable bonds is 9. The van der Waals surface area contributed by atoms with E-state index in [1.165, 1.54) is 5.69 Å². The average molecular weight is 294 g/mol. The summed E-state index contributed by atoms with van der Waals surface area (Å²) in [6.45, 7) is 8.81. The summed E-state index contributed by atoms with van der Waals surface area (Å²) in [5, 5.41) is 13.1. The Morgan fingerprint density at radius 2 is 1.90 bits per heavy atom. The third-order valence-electron chi connectivity index (χ3n) is 3.13. The zero-order chi connectivity index (χ0) is 15.7. The molecule has 4 nitrogen and oxygen atoms in total. The van der Waals surface area contributed by atoms with Crippen molar-refractivity contribution < 1.29 is 9.84 Å². The zero-order valence-corrected chi connectivity index (χ0v) is 13.8. The smallest absolute Gasteiger partial charge is 0.0897 e. The van der Waals surface area contributed by atoms with Crippen LogP contribution in [0.2, 0.25) is 0 Å². The lowest BCUT2D eigenvalue weighted by molar-refractivity contribution is -0.0478. The van der Waals surface area contributed by atoms with Gasteiger partial charge in [-0.05, 0) is 45.9 Å². The van der Waals surface area contributed by atoms with Crippen LogP contribution in [0.15, 0.2) is 30.3 Å². The first-order valence-corrected chi connectivity index (χ1v) is 7.67. The molecule has 0 aliphatic rings. The van der Waals surface area contributed by atoms with Gasteiger partial charge in [0, 0.05) is 25.8 Å². The Morgan fingerprint density at radius 1 is 1.24 bits per heavy atom. The molecule has 1 unspecified atom stereocenters. The first kappa shape index (κ1) is 18.0. The lowest BCUT2D eigenvalue weighted by Crippen LogP contribution is -2.34. The average Bonchev–Trinajstić information content (AvgIpc) is 2.44. The Hall–Kier alpha value is -1.10. The first-order valence-electron chi connectivity index (χ1n) is 7.67. The Bertz CT molecular complexity index is 376. The Balaban J connectivity index is 2.06. The molecule has 21 heavy (non-hydrogen) atoms. The van der Waals surface area contributed by atoms with Gasteiger partial charge in [0.1, 0.15) is 0 Å². The molecule has 2 N–H and O–H groups in total. The topological polar surface area (TPSA) is 44.7 Å². The highest BCUT2D eigenvalue weighted by atomic mass is 16.5. The number of hydrogen-bond donors (Lipinski definition) is 2. The van der Waals surface area contributed by atoms with Crippen molar-refractivity contribution >= 4 is 5.69 Å². The van der Waals surface area contributed by atoms with Gasteiger partial charge in [-0.3, -0.25) is 0 Å². The highest BCUT2D eigenvalue weighted by Crippen LogP contribution is 2.10. The van der Waals surface area contributed by atoms with E-state index in [4.69, 9.17) is 4.74 Å². The minimum Gasteiger partial charge on any atom is -0.389 e. The van der Waals surface area contributed by atoms with E-state index in [0.717, 1.165) is 19.5 Å². The van der Waals surface area contributed by atoms with Crippen molar-refractivity contribution in [3.05, 3.63) is 30.3 Å². The predicted octanol–water partition coefficient (Wildman–Crippen LogP) is 2.28. The van der Waals surface area contributed by atoms with Crippen LogP contribution in [-0.2, 0) is 4.74 Å². The van der Waals surface area contributed by atoms with Gasteiger partial charge in [-0.2, -0.15) is 0 Å². The van der Waals surface area contributed by atoms with Crippen molar-refractivity contribution in [3.63, 3.8) is 0 Å². The summed E-state index contributed by atoms with van der Waals surface area (Å²) in [5.74, 6) is 0. The summed E-state index contributed by atoms with van der Waals surface area (Å²) < 4.78 is 5.55. The van der Waals surface area contributed by atoms with Crippen molar-refractivity contribution in [2.24, 2.45) is 0 Å². The van der Waals surface area contributed by atoms with E-state index >= 15 is 0 Å². The SMILES string of the molecule is CN(CCCNCC(O)COC(C)(C)C)c1ccccc1. The fraction of sp³-hybridized carbons (Fsp3) is 0.647. The van der Waals surface area contributed by atoms with E-state index in [9.17, 15) is 5.11 Å². The molecular weight excluding hydrogens is 264 g/mol. The number of anilines is 1. The normalized spacial score (nSPS) is 13.2. The molecule has 0 aliphatic heterocycles. The van der Waals surface area contributed by atoms with E-state index in [1.54, 1.807) is 0 Å². The van der Waals surface area contributed by atoms with Gasteiger partial charge < -0.3 is 20.1 Å². The van der Waals surface area contributed by atoms with Gasteiger partial charge in [-0.1, -0.05) is 18.2 Å². The quantitative estimate of drug-likeness (QED) is 0.686. The van der Waals surface area contributed by atoms with Crippen molar-refractivity contribution in [2.45, 2.75) is 38.9 Å². The van der Waals surface area contributed by atoms with Crippen LogP contribution >= 0.6 is 0 Å². The zero-order valence-electron chi connectivity index (χ0n) is 13.8. The summed E-state index contributed by atoms with van der Waals surface area (Å²) in [5.41, 5.74) is 1.04. The molecule has 1 rings (SSSR count). The maximum Gasteiger partial charge on any atom is 0.0897 e. The highest BCUT2D eigenvalue weighted by molar-refractivity contribution is 5.44. The number of hydrogen-bond acceptors (Lipinski definition) is 4. The number of ether oxygens (including phenoxy) is 1. The summed E-state index contributed by atoms with van der Waals surface area (Å²) in [4.78, 5) is 2.24. The molecule has 0 radical (unpaired) electrons. The number of para-hydroxylation sites is 1. The first-order chi connectivity index (χ1) is 9.88. The van der Waals surface area contributed by atoms with Gasteiger partial charge in [-0.25, -0.2) is 0 Å². The largest absolute Gasteiger partial charge is 0.389 e. The van der Waals surface area contributed by atoms with E-state index in [0.29, 0.717) is 13.2 Å². The lowest BCUT2D eigenvalue weighted by atomic mass is 10.2. The number of nitrogens with zero attached hydrogens (tertiary/aromatic N) is 1. The molecule has 1 atom stereocenters. The Labute approximate surface area is 129 Å². The number of aliphatic hydroxyl groups excluding tert-OH is 1. The Morgan fingerprint density at radius 3 is 2.52 bits per heavy atom. The second-order valence-electron chi connectivity index (χ2n) is 6.39. The lowest BCUT2D eigenvalue weighted by Gasteiger charge is -2.22. The molecule has 0 saturated carbocycles. The fourth-order valence-corrected chi connectivity index (χ4v) is 1.93. The van der Waals surface area contributed by atoms with E-state index in [1.807, 2.05) is 26.8 Å². The maximum atomic E-state index is 9.80. The molecule has 120 valence electrons. The van der Waals surface area contributed by atoms with Gasteiger partial charge >= 0.3 is 0 Å². The van der Waals surface area contributed by atoms with E-state index in [2.05, 4.69) is 41.5 Å². The summed E-state index contributed by atoms with van der Waals surface area (Å²) in [6, 6.07) is 10.4. The van der Waals surface area contributed by atoms with Crippen LogP contribution in [0.4, 0.5) is 5.69 Å². The molecule has 4 heteroatoms. The molecular formula is C17H30N2O2. The molecule has 0 fully saturated rings. The number of aliphatic hydroxyl groups is 1. The van der Waals surface area contributed by atoms with Crippen molar-refractivity contribution in [1.82, 2.24) is 5.32 Å². The molecule has 0 amide bonds. The van der Waals surface area contributed by atoms with Gasteiger partial charge in [0.25, 0.3) is 0 Å². The second kappa shape index (κ2) is 9.03. The maximum absolute atomic E-state index is 9.80.